The van der Waals surface area contributed by atoms with Gasteiger partial charge in [-0.15, -0.1) is 0 Å². The number of nitrogens with two attached hydrogens (primary N) is 1. The Morgan fingerprint density at radius 2 is 1.72 bits per heavy atom. The molecule has 0 bridgehead atoms. The number of halogens is 2. The lowest BCUT2D eigenvalue weighted by molar-refractivity contribution is -0.148. The molecule has 0 aliphatic rings. The van der Waals surface area contributed by atoms with Crippen molar-refractivity contribution in [1.82, 2.24) is 0 Å². The second kappa shape index (κ2) is 7.97. The maximum absolute atomic E-state index is 6.08. The summed E-state index contributed by atoms with van der Waals surface area (Å²) < 4.78 is 10.9. The molecule has 0 saturated carbocycles. The zero-order valence-corrected chi connectivity index (χ0v) is 12.2. The molecule has 0 heterocycles. The molecule has 18 heavy (non-hydrogen) atoms. The Labute approximate surface area is 118 Å². The van der Waals surface area contributed by atoms with Crippen LogP contribution < -0.4 is 5.73 Å². The summed E-state index contributed by atoms with van der Waals surface area (Å²) in [5.41, 5.74) is 7.10. The quantitative estimate of drug-likeness (QED) is 0.784. The molecule has 3 nitrogen and oxygen atoms in total. The van der Waals surface area contributed by atoms with E-state index < -0.39 is 6.29 Å². The predicted molar refractivity (Wildman–Crippen MR) is 75.2 cm³/mol. The minimum Gasteiger partial charge on any atom is -0.351 e. The number of benzene rings is 1. The van der Waals surface area contributed by atoms with Gasteiger partial charge in [-0.1, -0.05) is 29.3 Å². The maximum atomic E-state index is 6.08. The van der Waals surface area contributed by atoms with E-state index in [0.717, 1.165) is 5.56 Å². The molecule has 0 fully saturated rings. The molecule has 0 saturated heterocycles. The highest BCUT2D eigenvalue weighted by atomic mass is 35.5. The van der Waals surface area contributed by atoms with Gasteiger partial charge in [0.25, 0.3) is 0 Å². The minimum absolute atomic E-state index is 0.234. The van der Waals surface area contributed by atoms with E-state index in [0.29, 0.717) is 29.7 Å². The number of hydrogen-bond donors (Lipinski definition) is 1. The third-order valence-electron chi connectivity index (χ3n) is 2.47. The summed E-state index contributed by atoms with van der Waals surface area (Å²) in [5.74, 6) is 0. The highest BCUT2D eigenvalue weighted by Crippen LogP contribution is 2.23. The highest BCUT2D eigenvalue weighted by Gasteiger charge is 2.18. The summed E-state index contributed by atoms with van der Waals surface area (Å²) in [7, 11) is 0. The summed E-state index contributed by atoms with van der Waals surface area (Å²) >= 11 is 11.8. The summed E-state index contributed by atoms with van der Waals surface area (Å²) in [6.45, 7) is 4.97. The Bertz CT molecular complexity index is 368. The van der Waals surface area contributed by atoms with Crippen molar-refractivity contribution in [2.75, 3.05) is 13.2 Å². The summed E-state index contributed by atoms with van der Waals surface area (Å²) in [6.07, 6.45) is 0.233. The molecule has 102 valence electrons. The Morgan fingerprint density at radius 1 is 1.11 bits per heavy atom. The van der Waals surface area contributed by atoms with Crippen LogP contribution in [0.3, 0.4) is 0 Å². The molecule has 1 rings (SSSR count). The number of hydrogen-bond acceptors (Lipinski definition) is 3. The van der Waals surface area contributed by atoms with E-state index in [4.69, 9.17) is 38.4 Å². The van der Waals surface area contributed by atoms with Crippen molar-refractivity contribution >= 4 is 23.2 Å². The minimum atomic E-state index is -0.394. The van der Waals surface area contributed by atoms with E-state index in [9.17, 15) is 0 Å². The molecule has 1 aromatic carbocycles. The van der Waals surface area contributed by atoms with Crippen LogP contribution >= 0.6 is 23.2 Å². The topological polar surface area (TPSA) is 44.5 Å². The van der Waals surface area contributed by atoms with Crippen molar-refractivity contribution in [3.8, 4) is 0 Å². The van der Waals surface area contributed by atoms with Crippen molar-refractivity contribution in [3.63, 3.8) is 0 Å². The van der Waals surface area contributed by atoms with E-state index in [-0.39, 0.29) is 6.04 Å². The fourth-order valence-corrected chi connectivity index (χ4v) is 1.98. The first-order chi connectivity index (χ1) is 8.58. The van der Waals surface area contributed by atoms with Crippen LogP contribution in [0, 0.1) is 0 Å². The number of ether oxygens (including phenoxy) is 2. The van der Waals surface area contributed by atoms with Gasteiger partial charge in [0.1, 0.15) is 0 Å². The van der Waals surface area contributed by atoms with E-state index >= 15 is 0 Å². The van der Waals surface area contributed by atoms with Gasteiger partial charge in [-0.25, -0.2) is 0 Å². The summed E-state index contributed by atoms with van der Waals surface area (Å²) in [4.78, 5) is 0. The van der Waals surface area contributed by atoms with Crippen molar-refractivity contribution in [1.29, 1.82) is 0 Å². The van der Waals surface area contributed by atoms with Crippen LogP contribution in [0.4, 0.5) is 0 Å². The molecular formula is C13H19Cl2NO2. The lowest BCUT2D eigenvalue weighted by atomic mass is 10.1. The molecule has 0 aliphatic heterocycles. The molecule has 0 radical (unpaired) electrons. The van der Waals surface area contributed by atoms with Crippen LogP contribution in [0.15, 0.2) is 18.2 Å². The van der Waals surface area contributed by atoms with Crippen molar-refractivity contribution in [2.45, 2.75) is 32.6 Å². The van der Waals surface area contributed by atoms with Crippen molar-refractivity contribution in [3.05, 3.63) is 33.8 Å². The molecule has 0 aromatic heterocycles. The molecule has 1 aromatic rings. The largest absolute Gasteiger partial charge is 0.351 e. The molecule has 0 aliphatic carbocycles. The summed E-state index contributed by atoms with van der Waals surface area (Å²) in [6, 6.07) is 5.26. The lowest BCUT2D eigenvalue weighted by Crippen LogP contribution is -2.40. The first-order valence-electron chi connectivity index (χ1n) is 6.01. The van der Waals surface area contributed by atoms with Gasteiger partial charge in [0.2, 0.25) is 0 Å². The van der Waals surface area contributed by atoms with E-state index in [1.807, 2.05) is 26.0 Å². The Morgan fingerprint density at radius 3 is 2.22 bits per heavy atom. The van der Waals surface area contributed by atoms with E-state index in [2.05, 4.69) is 0 Å². The van der Waals surface area contributed by atoms with E-state index in [1.54, 1.807) is 6.07 Å². The van der Waals surface area contributed by atoms with Gasteiger partial charge in [0.05, 0.1) is 16.1 Å². The Kier molecular flexibility index (Phi) is 6.97. The standard InChI is InChI=1S/C13H19Cl2NO2/c1-3-17-13(18-4-2)12(16)8-9-5-6-10(14)11(15)7-9/h5-7,12-13H,3-4,8,16H2,1-2H3. The molecule has 1 unspecified atom stereocenters. The van der Waals surface area contributed by atoms with Crippen LogP contribution in [0.1, 0.15) is 19.4 Å². The molecule has 5 heteroatoms. The first-order valence-corrected chi connectivity index (χ1v) is 6.76. The predicted octanol–water partition coefficient (Wildman–Crippen LogP) is 3.26. The average molecular weight is 292 g/mol. The fourth-order valence-electron chi connectivity index (χ4n) is 1.66. The smallest absolute Gasteiger partial charge is 0.172 e. The average Bonchev–Trinajstić information content (AvgIpc) is 2.33. The van der Waals surface area contributed by atoms with Gasteiger partial charge in [0, 0.05) is 13.2 Å². The van der Waals surface area contributed by atoms with Gasteiger partial charge in [-0.2, -0.15) is 0 Å². The Hall–Kier alpha value is -0.320. The van der Waals surface area contributed by atoms with Gasteiger partial charge in [-0.05, 0) is 38.0 Å². The highest BCUT2D eigenvalue weighted by molar-refractivity contribution is 6.42. The van der Waals surface area contributed by atoms with Gasteiger partial charge < -0.3 is 15.2 Å². The fraction of sp³-hybridized carbons (Fsp3) is 0.538. The molecule has 1 atom stereocenters. The molecule has 0 amide bonds. The van der Waals surface area contributed by atoms with Gasteiger partial charge >= 0.3 is 0 Å². The number of rotatable bonds is 7. The van der Waals surface area contributed by atoms with Crippen LogP contribution in [0.2, 0.25) is 10.0 Å². The van der Waals surface area contributed by atoms with Gasteiger partial charge in [-0.3, -0.25) is 0 Å². The SMILES string of the molecule is CCOC(OCC)C(N)Cc1ccc(Cl)c(Cl)c1. The molecule has 2 N–H and O–H groups in total. The molecule has 0 spiro atoms. The van der Waals surface area contributed by atoms with E-state index in [1.165, 1.54) is 0 Å². The first kappa shape index (κ1) is 15.7. The lowest BCUT2D eigenvalue weighted by Gasteiger charge is -2.23. The third-order valence-corrected chi connectivity index (χ3v) is 3.21. The third kappa shape index (κ3) is 4.75. The second-order valence-corrected chi connectivity index (χ2v) is 4.71. The normalized spacial score (nSPS) is 13.0. The van der Waals surface area contributed by atoms with Crippen LogP contribution in [0.25, 0.3) is 0 Å². The monoisotopic (exact) mass is 291 g/mol. The van der Waals surface area contributed by atoms with Crippen molar-refractivity contribution < 1.29 is 9.47 Å². The van der Waals surface area contributed by atoms with Crippen LogP contribution in [-0.2, 0) is 15.9 Å². The van der Waals surface area contributed by atoms with Crippen LogP contribution in [-0.4, -0.2) is 25.5 Å². The maximum Gasteiger partial charge on any atom is 0.172 e. The second-order valence-electron chi connectivity index (χ2n) is 3.90. The Balaban J connectivity index is 2.66. The zero-order chi connectivity index (χ0) is 13.5. The van der Waals surface area contributed by atoms with Gasteiger partial charge in [0.15, 0.2) is 6.29 Å². The van der Waals surface area contributed by atoms with Crippen LogP contribution in [0.5, 0.6) is 0 Å². The summed E-state index contributed by atoms with van der Waals surface area (Å²) in [5, 5.41) is 1.07. The zero-order valence-electron chi connectivity index (χ0n) is 10.7. The van der Waals surface area contributed by atoms with Crippen molar-refractivity contribution in [2.24, 2.45) is 5.73 Å². The molecular weight excluding hydrogens is 273 g/mol.